The van der Waals surface area contributed by atoms with Gasteiger partial charge >= 0.3 is 0 Å². The molecule has 0 saturated carbocycles. The molecule has 14 heteroatoms. The van der Waals surface area contributed by atoms with Crippen LogP contribution in [0.15, 0.2) is 55.2 Å². The van der Waals surface area contributed by atoms with E-state index >= 15 is 0 Å². The maximum atomic E-state index is 13.5. The summed E-state index contributed by atoms with van der Waals surface area (Å²) in [5, 5.41) is 12.0. The molecule has 3 aromatic heterocycles. The predicted molar refractivity (Wildman–Crippen MR) is 189 cm³/mol. The second-order valence-electron chi connectivity index (χ2n) is 12.5. The molecular formula is C33H38ClN10O2P. The van der Waals surface area contributed by atoms with Crippen LogP contribution in [0.3, 0.4) is 0 Å². The van der Waals surface area contributed by atoms with E-state index in [1.54, 1.807) is 32.8 Å². The first-order valence-corrected chi connectivity index (χ1v) is 18.7. The first kappa shape index (κ1) is 31.4. The Labute approximate surface area is 278 Å². The maximum absolute atomic E-state index is 13.5. The van der Waals surface area contributed by atoms with Crippen LogP contribution in [-0.4, -0.2) is 87.3 Å². The lowest BCUT2D eigenvalue weighted by atomic mass is 9.97. The van der Waals surface area contributed by atoms with Crippen molar-refractivity contribution in [2.75, 3.05) is 62.2 Å². The number of piperidine rings is 1. The van der Waals surface area contributed by atoms with Crippen LogP contribution in [0.5, 0.6) is 5.75 Å². The van der Waals surface area contributed by atoms with Crippen LogP contribution >= 0.6 is 18.7 Å². The average Bonchev–Trinajstić information content (AvgIpc) is 3.51. The highest BCUT2D eigenvalue weighted by molar-refractivity contribution is 7.71. The van der Waals surface area contributed by atoms with Gasteiger partial charge in [-0.05, 0) is 50.9 Å². The number of fused-ring (bicyclic) bond motifs is 2. The minimum absolute atomic E-state index is 0.308. The number of halogens is 1. The van der Waals surface area contributed by atoms with E-state index < -0.39 is 7.14 Å². The van der Waals surface area contributed by atoms with Crippen LogP contribution in [0.25, 0.3) is 22.2 Å². The summed E-state index contributed by atoms with van der Waals surface area (Å²) in [7, 11) is 0.804. The zero-order valence-electron chi connectivity index (χ0n) is 26.9. The summed E-state index contributed by atoms with van der Waals surface area (Å²) >= 11 is 6.60. The van der Waals surface area contributed by atoms with Crippen LogP contribution in [0.1, 0.15) is 19.3 Å². The number of rotatable bonds is 8. The van der Waals surface area contributed by atoms with E-state index in [4.69, 9.17) is 21.3 Å². The summed E-state index contributed by atoms with van der Waals surface area (Å²) in [5.74, 6) is 1.34. The molecule has 47 heavy (non-hydrogen) atoms. The van der Waals surface area contributed by atoms with Crippen LogP contribution in [0.2, 0.25) is 5.02 Å². The van der Waals surface area contributed by atoms with Gasteiger partial charge in [-0.2, -0.15) is 10.1 Å². The highest BCUT2D eigenvalue weighted by Gasteiger charge is 2.31. The Balaban J connectivity index is 1.24. The van der Waals surface area contributed by atoms with E-state index in [0.29, 0.717) is 56.3 Å². The van der Waals surface area contributed by atoms with Crippen molar-refractivity contribution in [1.82, 2.24) is 34.6 Å². The number of piperazine rings is 1. The third-order valence-corrected chi connectivity index (χ3v) is 10.7. The SMILES string of the molecule is COc1cc(N2CCN3CCCCC3C2)c(-c2cnn(C)c2)cc1Nc1ncc(Cl)c(Nc2ccc3nccnc3c2P(C)(C)=O)n1. The third-order valence-electron chi connectivity index (χ3n) is 8.91. The van der Waals surface area contributed by atoms with Crippen molar-refractivity contribution >= 4 is 63.9 Å². The monoisotopic (exact) mass is 672 g/mol. The first-order chi connectivity index (χ1) is 22.7. The zero-order valence-corrected chi connectivity index (χ0v) is 28.6. The molecule has 2 N–H and O–H groups in total. The lowest BCUT2D eigenvalue weighted by Gasteiger charge is -2.45. The Kier molecular flexibility index (Phi) is 8.50. The number of anilines is 5. The molecule has 5 aromatic rings. The van der Waals surface area contributed by atoms with E-state index in [2.05, 4.69) is 52.6 Å². The van der Waals surface area contributed by atoms with E-state index in [9.17, 15) is 4.57 Å². The molecule has 2 aromatic carbocycles. The van der Waals surface area contributed by atoms with Crippen LogP contribution in [-0.2, 0) is 11.6 Å². The molecule has 2 saturated heterocycles. The second-order valence-corrected chi connectivity index (χ2v) is 16.0. The minimum atomic E-state index is -2.79. The number of aryl methyl sites for hydroxylation is 1. The molecule has 2 aliphatic rings. The quantitative estimate of drug-likeness (QED) is 0.192. The van der Waals surface area contributed by atoms with Crippen molar-refractivity contribution in [2.24, 2.45) is 7.05 Å². The van der Waals surface area contributed by atoms with Gasteiger partial charge in [0.05, 0.1) is 41.7 Å². The molecule has 0 radical (unpaired) electrons. The van der Waals surface area contributed by atoms with Crippen molar-refractivity contribution in [3.05, 3.63) is 60.3 Å². The van der Waals surface area contributed by atoms with Crippen molar-refractivity contribution in [2.45, 2.75) is 25.3 Å². The number of benzene rings is 2. The molecular weight excluding hydrogens is 635 g/mol. The summed E-state index contributed by atoms with van der Waals surface area (Å²) in [6.45, 7) is 7.57. The summed E-state index contributed by atoms with van der Waals surface area (Å²) in [5.41, 5.74) is 5.70. The maximum Gasteiger partial charge on any atom is 0.229 e. The van der Waals surface area contributed by atoms with E-state index in [1.807, 2.05) is 36.3 Å². The zero-order chi connectivity index (χ0) is 32.7. The highest BCUT2D eigenvalue weighted by Crippen LogP contribution is 2.43. The Hall–Kier alpha value is -4.25. The molecule has 0 amide bonds. The fourth-order valence-electron chi connectivity index (χ4n) is 6.69. The second kappa shape index (κ2) is 12.7. The van der Waals surface area contributed by atoms with E-state index in [0.717, 1.165) is 36.4 Å². The van der Waals surface area contributed by atoms with Gasteiger partial charge in [-0.25, -0.2) is 4.98 Å². The number of ether oxygens (including phenoxy) is 1. The van der Waals surface area contributed by atoms with Crippen LogP contribution in [0, 0.1) is 0 Å². The third kappa shape index (κ3) is 6.37. The molecule has 0 aliphatic carbocycles. The van der Waals surface area contributed by atoms with Crippen molar-refractivity contribution in [1.29, 1.82) is 0 Å². The fraction of sp³-hybridized carbons (Fsp3) is 0.364. The van der Waals surface area contributed by atoms with Gasteiger partial charge in [0.2, 0.25) is 5.95 Å². The normalized spacial score (nSPS) is 17.0. The molecule has 12 nitrogen and oxygen atoms in total. The standard InChI is InChI=1S/C33H38ClN10O2P/c1-42-19-21(17-38-42)23-15-27(29(46-2)16-28(23)44-14-13-43-12-6-5-7-22(43)20-44)40-33-37-18-24(34)32(41-33)39-26-9-8-25-30(36-11-10-35-25)31(26)47(3,4)45/h8-11,15-19,22H,5-7,12-14,20H2,1-4H3,(H2,37,39,40,41). The Morgan fingerprint density at radius 3 is 2.64 bits per heavy atom. The number of nitrogens with one attached hydrogen (secondary N) is 2. The van der Waals surface area contributed by atoms with Gasteiger partial charge in [-0.15, -0.1) is 0 Å². The summed E-state index contributed by atoms with van der Waals surface area (Å²) in [4.78, 5) is 23.2. The molecule has 5 heterocycles. The first-order valence-electron chi connectivity index (χ1n) is 15.7. The number of nitrogens with zero attached hydrogens (tertiary/aromatic N) is 8. The number of methoxy groups -OCH3 is 1. The minimum Gasteiger partial charge on any atom is -0.494 e. The molecule has 244 valence electrons. The van der Waals surface area contributed by atoms with E-state index in [1.165, 1.54) is 32.0 Å². The van der Waals surface area contributed by atoms with Crippen LogP contribution < -0.4 is 25.6 Å². The van der Waals surface area contributed by atoms with Crippen molar-refractivity contribution in [3.8, 4) is 16.9 Å². The number of hydrogen-bond acceptors (Lipinski definition) is 11. The summed E-state index contributed by atoms with van der Waals surface area (Å²) < 4.78 is 21.2. The smallest absolute Gasteiger partial charge is 0.229 e. The van der Waals surface area contributed by atoms with Gasteiger partial charge in [0.25, 0.3) is 0 Å². The van der Waals surface area contributed by atoms with Gasteiger partial charge in [0.15, 0.2) is 5.82 Å². The molecule has 2 aliphatic heterocycles. The molecule has 0 spiro atoms. The highest BCUT2D eigenvalue weighted by atomic mass is 35.5. The molecule has 7 rings (SSSR count). The molecule has 1 unspecified atom stereocenters. The Bertz CT molecular complexity index is 2000. The fourth-order valence-corrected chi connectivity index (χ4v) is 8.23. The van der Waals surface area contributed by atoms with Gasteiger partial charge in [0.1, 0.15) is 23.4 Å². The van der Waals surface area contributed by atoms with E-state index in [-0.39, 0.29) is 0 Å². The van der Waals surface area contributed by atoms with Gasteiger partial charge < -0.3 is 24.8 Å². The van der Waals surface area contributed by atoms with Crippen LogP contribution in [0.4, 0.5) is 28.8 Å². The van der Waals surface area contributed by atoms with Crippen molar-refractivity contribution < 1.29 is 9.30 Å². The number of hydrogen-bond donors (Lipinski definition) is 2. The average molecular weight is 673 g/mol. The summed E-state index contributed by atoms with van der Waals surface area (Å²) in [6, 6.07) is 8.39. The molecule has 2 fully saturated rings. The van der Waals surface area contributed by atoms with Gasteiger partial charge in [-0.1, -0.05) is 18.0 Å². The Morgan fingerprint density at radius 1 is 1.00 bits per heavy atom. The molecule has 1 atom stereocenters. The predicted octanol–water partition coefficient (Wildman–Crippen LogP) is 5.89. The Morgan fingerprint density at radius 2 is 1.85 bits per heavy atom. The topological polar surface area (TPSA) is 126 Å². The lowest BCUT2D eigenvalue weighted by Crippen LogP contribution is -2.55. The summed E-state index contributed by atoms with van der Waals surface area (Å²) in [6.07, 6.45) is 12.4. The van der Waals surface area contributed by atoms with Gasteiger partial charge in [0, 0.05) is 74.2 Å². The largest absolute Gasteiger partial charge is 0.494 e. The van der Waals surface area contributed by atoms with Crippen molar-refractivity contribution in [3.63, 3.8) is 0 Å². The van der Waals surface area contributed by atoms with Gasteiger partial charge in [-0.3, -0.25) is 19.5 Å². The molecule has 0 bridgehead atoms. The number of aromatic nitrogens is 6. The lowest BCUT2D eigenvalue weighted by molar-refractivity contribution is 0.133.